The molecule has 104 valence electrons. The molecular weight excluding hydrogens is 328 g/mol. The highest BCUT2D eigenvalue weighted by Gasteiger charge is 2.23. The lowest BCUT2D eigenvalue weighted by Crippen LogP contribution is -2.40. The fourth-order valence-electron chi connectivity index (χ4n) is 2.49. The lowest BCUT2D eigenvalue weighted by Gasteiger charge is -2.22. The van der Waals surface area contributed by atoms with Crippen LogP contribution in [0.4, 0.5) is 0 Å². The Morgan fingerprint density at radius 2 is 2.37 bits per heavy atom. The number of rotatable bonds is 4. The average molecular weight is 346 g/mol. The van der Waals surface area contributed by atoms with Crippen molar-refractivity contribution >= 4 is 33.4 Å². The van der Waals surface area contributed by atoms with Gasteiger partial charge in [0.2, 0.25) is 0 Å². The lowest BCUT2D eigenvalue weighted by atomic mass is 10.2. The summed E-state index contributed by atoms with van der Waals surface area (Å²) in [6.07, 6.45) is 2.38. The predicted molar refractivity (Wildman–Crippen MR) is 81.8 cm³/mol. The number of nitrogens with one attached hydrogen (secondary N) is 1. The molecule has 0 radical (unpaired) electrons. The Labute approximate surface area is 127 Å². The number of hydrogen-bond donors (Lipinski definition) is 1. The number of amides is 1. The van der Waals surface area contributed by atoms with Gasteiger partial charge in [-0.1, -0.05) is 18.5 Å². The van der Waals surface area contributed by atoms with Crippen molar-refractivity contribution < 1.29 is 4.79 Å². The largest absolute Gasteiger partial charge is 0.350 e. The summed E-state index contributed by atoms with van der Waals surface area (Å²) < 4.78 is 0.804. The van der Waals surface area contributed by atoms with Gasteiger partial charge in [0.1, 0.15) is 0 Å². The Kier molecular flexibility index (Phi) is 5.25. The van der Waals surface area contributed by atoms with Crippen molar-refractivity contribution in [1.82, 2.24) is 10.2 Å². The molecule has 1 aliphatic rings. The standard InChI is InChI=1S/C14H18BrClN2O/c1-2-18-7-3-4-11(18)9-17-14(19)10-5-6-12(15)13(16)8-10/h5-6,8,11H,2-4,7,9H2,1H3,(H,17,19). The zero-order valence-corrected chi connectivity index (χ0v) is 13.3. The molecule has 0 spiro atoms. The maximum absolute atomic E-state index is 12.1. The molecule has 1 N–H and O–H groups in total. The molecule has 1 aliphatic heterocycles. The van der Waals surface area contributed by atoms with Gasteiger partial charge < -0.3 is 5.32 Å². The Hall–Kier alpha value is -0.580. The van der Waals surface area contributed by atoms with Crippen molar-refractivity contribution in [2.45, 2.75) is 25.8 Å². The number of hydrogen-bond acceptors (Lipinski definition) is 2. The van der Waals surface area contributed by atoms with Gasteiger partial charge in [-0.05, 0) is 60.1 Å². The number of nitrogens with zero attached hydrogens (tertiary/aromatic N) is 1. The zero-order chi connectivity index (χ0) is 13.8. The van der Waals surface area contributed by atoms with Crippen molar-refractivity contribution in [1.29, 1.82) is 0 Å². The summed E-state index contributed by atoms with van der Waals surface area (Å²) in [6, 6.07) is 5.73. The van der Waals surface area contributed by atoms with E-state index in [1.807, 2.05) is 0 Å². The maximum Gasteiger partial charge on any atom is 0.251 e. The molecule has 0 aromatic heterocycles. The molecule has 19 heavy (non-hydrogen) atoms. The first-order valence-corrected chi connectivity index (χ1v) is 7.76. The molecule has 2 rings (SSSR count). The lowest BCUT2D eigenvalue weighted by molar-refractivity contribution is 0.0941. The normalized spacial score (nSPS) is 19.6. The second kappa shape index (κ2) is 6.73. The molecule has 1 heterocycles. The highest BCUT2D eigenvalue weighted by molar-refractivity contribution is 9.10. The first kappa shape index (κ1) is 14.8. The second-order valence-electron chi connectivity index (χ2n) is 4.76. The van der Waals surface area contributed by atoms with Crippen molar-refractivity contribution in [2.75, 3.05) is 19.6 Å². The summed E-state index contributed by atoms with van der Waals surface area (Å²) in [7, 11) is 0. The van der Waals surface area contributed by atoms with Crippen molar-refractivity contribution in [3.05, 3.63) is 33.3 Å². The van der Waals surface area contributed by atoms with E-state index in [1.165, 1.54) is 6.42 Å². The smallest absolute Gasteiger partial charge is 0.251 e. The van der Waals surface area contributed by atoms with E-state index in [1.54, 1.807) is 18.2 Å². The Morgan fingerprint density at radius 1 is 1.58 bits per heavy atom. The maximum atomic E-state index is 12.1. The molecule has 0 saturated carbocycles. The summed E-state index contributed by atoms with van der Waals surface area (Å²) in [4.78, 5) is 14.5. The average Bonchev–Trinajstić information content (AvgIpc) is 2.86. The first-order valence-electron chi connectivity index (χ1n) is 6.59. The highest BCUT2D eigenvalue weighted by Crippen LogP contribution is 2.23. The quantitative estimate of drug-likeness (QED) is 0.908. The molecule has 1 saturated heterocycles. The third-order valence-corrected chi connectivity index (χ3v) is 4.82. The molecular formula is C14H18BrClN2O. The second-order valence-corrected chi connectivity index (χ2v) is 6.03. The van der Waals surface area contributed by atoms with Crippen LogP contribution in [0.25, 0.3) is 0 Å². The fourth-order valence-corrected chi connectivity index (χ4v) is 2.92. The molecule has 1 unspecified atom stereocenters. The van der Waals surface area contributed by atoms with Crippen LogP contribution in [0, 0.1) is 0 Å². The predicted octanol–water partition coefficient (Wildman–Crippen LogP) is 3.32. The van der Waals surface area contributed by atoms with Gasteiger partial charge in [-0.25, -0.2) is 0 Å². The summed E-state index contributed by atoms with van der Waals surface area (Å²) in [5.74, 6) is -0.0580. The van der Waals surface area contributed by atoms with Gasteiger partial charge in [0.25, 0.3) is 5.91 Å². The number of likely N-dealkylation sites (N-methyl/N-ethyl adjacent to an activating group) is 1. The van der Waals surface area contributed by atoms with Crippen LogP contribution in [0.15, 0.2) is 22.7 Å². The fraction of sp³-hybridized carbons (Fsp3) is 0.500. The van der Waals surface area contributed by atoms with Crippen molar-refractivity contribution in [3.8, 4) is 0 Å². The van der Waals surface area contributed by atoms with E-state index in [4.69, 9.17) is 11.6 Å². The molecule has 0 bridgehead atoms. The van der Waals surface area contributed by atoms with Crippen LogP contribution in [0.1, 0.15) is 30.1 Å². The summed E-state index contributed by atoms with van der Waals surface area (Å²) in [5, 5.41) is 3.56. The number of halogens is 2. The molecule has 3 nitrogen and oxygen atoms in total. The van der Waals surface area contributed by atoms with Crippen LogP contribution in [-0.4, -0.2) is 36.5 Å². The Morgan fingerprint density at radius 3 is 3.05 bits per heavy atom. The molecule has 1 atom stereocenters. The Bertz CT molecular complexity index is 467. The van der Waals surface area contributed by atoms with Crippen LogP contribution in [0.3, 0.4) is 0 Å². The van der Waals surface area contributed by atoms with Crippen LogP contribution < -0.4 is 5.32 Å². The molecule has 0 aliphatic carbocycles. The Balaban J connectivity index is 1.92. The van der Waals surface area contributed by atoms with Crippen molar-refractivity contribution in [3.63, 3.8) is 0 Å². The molecule has 5 heteroatoms. The molecule has 1 fully saturated rings. The van der Waals surface area contributed by atoms with E-state index in [0.717, 1.165) is 24.0 Å². The third kappa shape index (κ3) is 3.71. The third-order valence-electron chi connectivity index (χ3n) is 3.59. The summed E-state index contributed by atoms with van der Waals surface area (Å²) in [5.41, 5.74) is 0.606. The van der Waals surface area contributed by atoms with Crippen LogP contribution in [0.2, 0.25) is 5.02 Å². The minimum absolute atomic E-state index is 0.0580. The van der Waals surface area contributed by atoms with Gasteiger partial charge in [-0.3, -0.25) is 9.69 Å². The minimum atomic E-state index is -0.0580. The van der Waals surface area contributed by atoms with E-state index in [0.29, 0.717) is 23.2 Å². The molecule has 1 aromatic carbocycles. The van der Waals surface area contributed by atoms with Gasteiger partial charge in [0.15, 0.2) is 0 Å². The van der Waals surface area contributed by atoms with E-state index in [9.17, 15) is 4.79 Å². The summed E-state index contributed by atoms with van der Waals surface area (Å²) in [6.45, 7) is 5.06. The van der Waals surface area contributed by atoms with Gasteiger partial charge in [-0.15, -0.1) is 0 Å². The number of carbonyl (C=O) groups excluding carboxylic acids is 1. The highest BCUT2D eigenvalue weighted by atomic mass is 79.9. The monoisotopic (exact) mass is 344 g/mol. The van der Waals surface area contributed by atoms with E-state index in [2.05, 4.69) is 33.1 Å². The molecule has 1 aromatic rings. The molecule has 1 amide bonds. The van der Waals surface area contributed by atoms with Crippen LogP contribution >= 0.6 is 27.5 Å². The van der Waals surface area contributed by atoms with Crippen molar-refractivity contribution in [2.24, 2.45) is 0 Å². The van der Waals surface area contributed by atoms with Gasteiger partial charge >= 0.3 is 0 Å². The summed E-state index contributed by atoms with van der Waals surface area (Å²) >= 11 is 9.31. The van der Waals surface area contributed by atoms with Crippen LogP contribution in [-0.2, 0) is 0 Å². The first-order chi connectivity index (χ1) is 9.11. The number of carbonyl (C=O) groups is 1. The van der Waals surface area contributed by atoms with Gasteiger partial charge in [-0.2, -0.15) is 0 Å². The van der Waals surface area contributed by atoms with Gasteiger partial charge in [0, 0.05) is 22.6 Å². The van der Waals surface area contributed by atoms with E-state index in [-0.39, 0.29) is 5.91 Å². The van der Waals surface area contributed by atoms with Gasteiger partial charge in [0.05, 0.1) is 5.02 Å². The topological polar surface area (TPSA) is 32.3 Å². The van der Waals surface area contributed by atoms with E-state index < -0.39 is 0 Å². The minimum Gasteiger partial charge on any atom is -0.350 e. The van der Waals surface area contributed by atoms with E-state index >= 15 is 0 Å². The van der Waals surface area contributed by atoms with Crippen LogP contribution in [0.5, 0.6) is 0 Å². The SMILES string of the molecule is CCN1CCCC1CNC(=O)c1ccc(Br)c(Cl)c1. The number of likely N-dealkylation sites (tertiary alicyclic amines) is 1. The number of benzene rings is 1. The zero-order valence-electron chi connectivity index (χ0n) is 11.0.